The normalized spacial score (nSPS) is 11.9. The molecule has 0 aliphatic rings. The van der Waals surface area contributed by atoms with Crippen molar-refractivity contribution in [2.24, 2.45) is 5.10 Å². The van der Waals surface area contributed by atoms with E-state index in [1.807, 2.05) is 69.3 Å². The molecule has 0 heterocycles. The maximum absolute atomic E-state index is 12.4. The molecule has 0 saturated carbocycles. The molecule has 0 aromatic heterocycles. The Bertz CT molecular complexity index is 934. The fraction of sp³-hybridized carbons (Fsp3) is 0.333. The molecule has 2 rings (SSSR count). The lowest BCUT2D eigenvalue weighted by molar-refractivity contribution is -0.119. The molecular formula is C21H27N3O3S. The number of hydrogen-bond acceptors (Lipinski definition) is 4. The Morgan fingerprint density at radius 1 is 1.04 bits per heavy atom. The molecule has 0 spiro atoms. The highest BCUT2D eigenvalue weighted by atomic mass is 32.2. The fourth-order valence-electron chi connectivity index (χ4n) is 2.91. The molecular weight excluding hydrogens is 374 g/mol. The number of nitrogens with zero attached hydrogens (tertiary/aromatic N) is 2. The van der Waals surface area contributed by atoms with E-state index in [0.29, 0.717) is 12.1 Å². The predicted molar refractivity (Wildman–Crippen MR) is 114 cm³/mol. The van der Waals surface area contributed by atoms with Crippen molar-refractivity contribution >= 4 is 27.3 Å². The Kier molecular flexibility index (Phi) is 7.34. The van der Waals surface area contributed by atoms with E-state index in [9.17, 15) is 13.2 Å². The van der Waals surface area contributed by atoms with Crippen molar-refractivity contribution in [2.45, 2.75) is 33.6 Å². The van der Waals surface area contributed by atoms with E-state index in [2.05, 4.69) is 10.5 Å². The topological polar surface area (TPSA) is 78.8 Å². The van der Waals surface area contributed by atoms with Gasteiger partial charge in [0.25, 0.3) is 5.91 Å². The van der Waals surface area contributed by atoms with Gasteiger partial charge in [0.1, 0.15) is 6.54 Å². The van der Waals surface area contributed by atoms with Gasteiger partial charge in [-0.1, -0.05) is 48.5 Å². The van der Waals surface area contributed by atoms with Gasteiger partial charge in [0.05, 0.1) is 11.9 Å². The number of carbonyl (C=O) groups is 1. The number of anilines is 1. The Morgan fingerprint density at radius 2 is 1.64 bits per heavy atom. The number of sulfonamides is 1. The van der Waals surface area contributed by atoms with Crippen LogP contribution in [0.1, 0.15) is 30.0 Å². The number of nitrogens with one attached hydrogen (secondary N) is 1. The quantitative estimate of drug-likeness (QED) is 0.545. The van der Waals surface area contributed by atoms with Crippen LogP contribution in [0.3, 0.4) is 0 Å². The highest BCUT2D eigenvalue weighted by Gasteiger charge is 2.23. The molecule has 150 valence electrons. The Hall–Kier alpha value is -2.67. The van der Waals surface area contributed by atoms with Gasteiger partial charge in [-0.15, -0.1) is 0 Å². The molecule has 0 bridgehead atoms. The largest absolute Gasteiger partial charge is 0.271 e. The van der Waals surface area contributed by atoms with Gasteiger partial charge in [-0.2, -0.15) is 5.10 Å². The average molecular weight is 402 g/mol. The van der Waals surface area contributed by atoms with Crippen molar-refractivity contribution in [2.75, 3.05) is 17.1 Å². The molecule has 0 aliphatic heterocycles. The summed E-state index contributed by atoms with van der Waals surface area (Å²) in [4.78, 5) is 12.4. The van der Waals surface area contributed by atoms with Crippen LogP contribution in [0.15, 0.2) is 53.6 Å². The average Bonchev–Trinajstić information content (AvgIpc) is 2.63. The van der Waals surface area contributed by atoms with E-state index in [1.54, 1.807) is 0 Å². The number of rotatable bonds is 8. The second-order valence-electron chi connectivity index (χ2n) is 6.88. The first-order chi connectivity index (χ1) is 13.2. The maximum atomic E-state index is 12.4. The maximum Gasteiger partial charge on any atom is 0.260 e. The number of amides is 1. The third-order valence-corrected chi connectivity index (χ3v) is 5.48. The van der Waals surface area contributed by atoms with Crippen molar-refractivity contribution < 1.29 is 13.2 Å². The summed E-state index contributed by atoms with van der Waals surface area (Å²) in [6.45, 7) is 5.16. The summed E-state index contributed by atoms with van der Waals surface area (Å²) in [6.07, 6.45) is 2.63. The number of benzene rings is 2. The smallest absolute Gasteiger partial charge is 0.260 e. The minimum Gasteiger partial charge on any atom is -0.271 e. The van der Waals surface area contributed by atoms with Gasteiger partial charge in [0.15, 0.2) is 0 Å². The first kappa shape index (κ1) is 21.6. The summed E-state index contributed by atoms with van der Waals surface area (Å²) in [5.74, 6) is -0.480. The van der Waals surface area contributed by atoms with E-state index >= 15 is 0 Å². The molecule has 0 fully saturated rings. The van der Waals surface area contributed by atoms with Crippen molar-refractivity contribution in [3.63, 3.8) is 0 Å². The van der Waals surface area contributed by atoms with Crippen LogP contribution in [0, 0.1) is 13.8 Å². The first-order valence-electron chi connectivity index (χ1n) is 9.08. The molecule has 0 unspecified atom stereocenters. The van der Waals surface area contributed by atoms with Gasteiger partial charge in [-0.25, -0.2) is 13.8 Å². The predicted octanol–water partition coefficient (Wildman–Crippen LogP) is 3.19. The van der Waals surface area contributed by atoms with Crippen LogP contribution in [-0.2, 0) is 21.2 Å². The second kappa shape index (κ2) is 9.50. The van der Waals surface area contributed by atoms with Crippen LogP contribution in [-0.4, -0.2) is 32.8 Å². The summed E-state index contributed by atoms with van der Waals surface area (Å²) in [5.41, 5.74) is 6.56. The summed E-state index contributed by atoms with van der Waals surface area (Å²) >= 11 is 0. The lowest BCUT2D eigenvalue weighted by atomic mass is 10.1. The lowest BCUT2D eigenvalue weighted by Gasteiger charge is -2.25. The molecule has 1 N–H and O–H groups in total. The summed E-state index contributed by atoms with van der Waals surface area (Å²) < 4.78 is 25.7. The number of carbonyl (C=O) groups excluding carboxylic acids is 1. The minimum atomic E-state index is -3.62. The van der Waals surface area contributed by atoms with Gasteiger partial charge in [0.2, 0.25) is 10.0 Å². The number of para-hydroxylation sites is 1. The Morgan fingerprint density at radius 3 is 2.21 bits per heavy atom. The third kappa shape index (κ3) is 6.20. The van der Waals surface area contributed by atoms with Crippen LogP contribution in [0.2, 0.25) is 0 Å². The third-order valence-electron chi connectivity index (χ3n) is 4.37. The molecule has 6 nitrogen and oxygen atoms in total. The summed E-state index contributed by atoms with van der Waals surface area (Å²) in [6, 6.07) is 15.5. The number of hydrogen-bond donors (Lipinski definition) is 1. The van der Waals surface area contributed by atoms with Gasteiger partial charge in [-0.3, -0.25) is 9.10 Å². The molecule has 0 saturated heterocycles. The van der Waals surface area contributed by atoms with Gasteiger partial charge >= 0.3 is 0 Å². The Balaban J connectivity index is 2.04. The highest BCUT2D eigenvalue weighted by molar-refractivity contribution is 7.92. The zero-order valence-electron chi connectivity index (χ0n) is 16.8. The van der Waals surface area contributed by atoms with Gasteiger partial charge < -0.3 is 0 Å². The van der Waals surface area contributed by atoms with Crippen LogP contribution < -0.4 is 9.73 Å². The molecule has 0 radical (unpaired) electrons. The molecule has 0 atom stereocenters. The Labute approximate surface area is 167 Å². The van der Waals surface area contributed by atoms with E-state index in [-0.39, 0.29) is 6.54 Å². The monoisotopic (exact) mass is 401 g/mol. The van der Waals surface area contributed by atoms with Crippen LogP contribution in [0.25, 0.3) is 0 Å². The summed E-state index contributed by atoms with van der Waals surface area (Å²) in [7, 11) is -3.62. The molecule has 2 aromatic rings. The first-order valence-corrected chi connectivity index (χ1v) is 10.9. The van der Waals surface area contributed by atoms with E-state index in [1.165, 1.54) is 5.56 Å². The van der Waals surface area contributed by atoms with Crippen LogP contribution >= 0.6 is 0 Å². The van der Waals surface area contributed by atoms with Crippen LogP contribution in [0.5, 0.6) is 0 Å². The summed E-state index contributed by atoms with van der Waals surface area (Å²) in [5, 5.41) is 4.11. The molecule has 1 amide bonds. The SMILES string of the molecule is C/C(CCc1ccccc1)=N/NC(=O)CN(c1c(C)cccc1C)S(C)(=O)=O. The lowest BCUT2D eigenvalue weighted by Crippen LogP contribution is -2.39. The van der Waals surface area contributed by atoms with Crippen molar-refractivity contribution in [3.8, 4) is 0 Å². The van der Waals surface area contributed by atoms with E-state index in [0.717, 1.165) is 33.8 Å². The number of aryl methyl sites for hydroxylation is 3. The van der Waals surface area contributed by atoms with Gasteiger partial charge in [0, 0.05) is 5.71 Å². The van der Waals surface area contributed by atoms with E-state index < -0.39 is 15.9 Å². The molecule has 0 aliphatic carbocycles. The van der Waals surface area contributed by atoms with Crippen molar-refractivity contribution in [1.82, 2.24) is 5.43 Å². The van der Waals surface area contributed by atoms with E-state index in [4.69, 9.17) is 0 Å². The fourth-order valence-corrected chi connectivity index (χ4v) is 3.88. The second-order valence-corrected chi connectivity index (χ2v) is 8.78. The van der Waals surface area contributed by atoms with Crippen molar-refractivity contribution in [1.29, 1.82) is 0 Å². The van der Waals surface area contributed by atoms with Gasteiger partial charge in [-0.05, 0) is 50.3 Å². The zero-order chi connectivity index (χ0) is 20.7. The van der Waals surface area contributed by atoms with Crippen molar-refractivity contribution in [3.05, 3.63) is 65.2 Å². The number of hydrazone groups is 1. The molecule has 28 heavy (non-hydrogen) atoms. The minimum absolute atomic E-state index is 0.319. The molecule has 2 aromatic carbocycles. The zero-order valence-corrected chi connectivity index (χ0v) is 17.6. The van der Waals surface area contributed by atoms with Crippen LogP contribution in [0.4, 0.5) is 5.69 Å². The standard InChI is InChI=1S/C21H27N3O3S/c1-16-9-8-10-17(2)21(16)24(28(4,26)27)15-20(25)23-22-18(3)13-14-19-11-6-5-7-12-19/h5-12H,13-15H2,1-4H3,(H,23,25)/b22-18-. The highest BCUT2D eigenvalue weighted by Crippen LogP contribution is 2.26. The molecule has 7 heteroatoms.